The van der Waals surface area contributed by atoms with E-state index in [0.717, 1.165) is 42.2 Å². The number of hydrogen-bond acceptors (Lipinski definition) is 2. The number of ether oxygens (including phenoxy) is 1. The van der Waals surface area contributed by atoms with Gasteiger partial charge in [-0.25, -0.2) is 0 Å². The first-order chi connectivity index (χ1) is 10.9. The summed E-state index contributed by atoms with van der Waals surface area (Å²) < 4.78 is 5.74. The molecule has 0 spiro atoms. The molecule has 2 nitrogen and oxygen atoms in total. The smallest absolute Gasteiger partial charge is 0.119 e. The second-order valence-electron chi connectivity index (χ2n) is 5.13. The third-order valence-corrected chi connectivity index (χ3v) is 3.62. The van der Waals surface area contributed by atoms with Crippen LogP contribution in [0, 0.1) is 0 Å². The molecule has 3 heteroatoms. The van der Waals surface area contributed by atoms with Crippen LogP contribution >= 0.6 is 11.6 Å². The van der Waals surface area contributed by atoms with Crippen LogP contribution in [0.15, 0.2) is 48.8 Å². The van der Waals surface area contributed by atoms with Gasteiger partial charge in [-0.1, -0.05) is 37.1 Å². The molecule has 1 heterocycles. The summed E-state index contributed by atoms with van der Waals surface area (Å²) in [5.74, 6) is 1.69. The second-order valence-corrected chi connectivity index (χ2v) is 5.51. The van der Waals surface area contributed by atoms with Crippen LogP contribution in [-0.4, -0.2) is 17.5 Å². The number of pyridine rings is 1. The third kappa shape index (κ3) is 6.31. The Bertz CT molecular complexity index is 551. The van der Waals surface area contributed by atoms with E-state index in [2.05, 4.69) is 29.3 Å². The van der Waals surface area contributed by atoms with Crippen LogP contribution in [0.25, 0.3) is 12.2 Å². The summed E-state index contributed by atoms with van der Waals surface area (Å²) in [4.78, 5) is 4.01. The zero-order chi connectivity index (χ0) is 15.5. The maximum absolute atomic E-state index is 5.74. The van der Waals surface area contributed by atoms with Crippen LogP contribution in [0.4, 0.5) is 0 Å². The third-order valence-electron chi connectivity index (χ3n) is 3.35. The molecule has 1 aromatic carbocycles. The number of nitrogens with zero attached hydrogens (tertiary/aromatic N) is 1. The van der Waals surface area contributed by atoms with Gasteiger partial charge in [0, 0.05) is 18.3 Å². The Kier molecular flexibility index (Phi) is 7.54. The van der Waals surface area contributed by atoms with Crippen molar-refractivity contribution in [3.63, 3.8) is 0 Å². The number of halogens is 1. The van der Waals surface area contributed by atoms with Crippen molar-refractivity contribution in [3.05, 3.63) is 59.9 Å². The van der Waals surface area contributed by atoms with E-state index in [4.69, 9.17) is 16.3 Å². The fourth-order valence-corrected chi connectivity index (χ4v) is 2.27. The molecule has 1 aromatic heterocycles. The highest BCUT2D eigenvalue weighted by atomic mass is 35.5. The molecule has 0 aliphatic heterocycles. The van der Waals surface area contributed by atoms with Crippen LogP contribution < -0.4 is 4.74 Å². The minimum atomic E-state index is 0.759. The summed E-state index contributed by atoms with van der Waals surface area (Å²) in [6.07, 6.45) is 12.3. The van der Waals surface area contributed by atoms with Gasteiger partial charge in [-0.15, -0.1) is 11.6 Å². The highest BCUT2D eigenvalue weighted by Gasteiger charge is 1.95. The van der Waals surface area contributed by atoms with Gasteiger partial charge in [-0.2, -0.15) is 0 Å². The van der Waals surface area contributed by atoms with Gasteiger partial charge in [0.1, 0.15) is 5.75 Å². The van der Waals surface area contributed by atoms with Gasteiger partial charge >= 0.3 is 0 Å². The summed E-state index contributed by atoms with van der Waals surface area (Å²) in [6.45, 7) is 0.772. The Morgan fingerprint density at radius 2 is 1.45 bits per heavy atom. The number of hydrogen-bond donors (Lipinski definition) is 0. The lowest BCUT2D eigenvalue weighted by atomic mass is 10.1. The zero-order valence-corrected chi connectivity index (χ0v) is 13.5. The molecular weight excluding hydrogens is 294 g/mol. The molecule has 22 heavy (non-hydrogen) atoms. The van der Waals surface area contributed by atoms with Crippen LogP contribution in [0.1, 0.15) is 36.8 Å². The quantitative estimate of drug-likeness (QED) is 0.454. The minimum Gasteiger partial charge on any atom is -0.494 e. The molecule has 0 bridgehead atoms. The van der Waals surface area contributed by atoms with Crippen molar-refractivity contribution >= 4 is 23.8 Å². The number of aromatic nitrogens is 1. The Balaban J connectivity index is 1.74. The Hall–Kier alpha value is -1.80. The molecule has 0 aliphatic rings. The zero-order valence-electron chi connectivity index (χ0n) is 12.7. The van der Waals surface area contributed by atoms with E-state index in [9.17, 15) is 0 Å². The van der Waals surface area contributed by atoms with Crippen molar-refractivity contribution in [1.29, 1.82) is 0 Å². The van der Waals surface area contributed by atoms with Crippen LogP contribution in [0.3, 0.4) is 0 Å². The van der Waals surface area contributed by atoms with E-state index in [1.807, 2.05) is 24.3 Å². The number of alkyl halides is 1. The molecule has 0 aliphatic carbocycles. The summed E-state index contributed by atoms with van der Waals surface area (Å²) in [7, 11) is 0. The predicted molar refractivity (Wildman–Crippen MR) is 94.3 cm³/mol. The first-order valence-electron chi connectivity index (χ1n) is 7.75. The lowest BCUT2D eigenvalue weighted by molar-refractivity contribution is 0.305. The highest BCUT2D eigenvalue weighted by molar-refractivity contribution is 6.17. The van der Waals surface area contributed by atoms with Gasteiger partial charge in [-0.3, -0.25) is 4.98 Å². The standard InChI is InChI=1S/C19H22ClNO/c20-13-3-1-2-4-16-22-19-9-7-17(8-10-19)5-6-18-11-14-21-15-12-18/h5-12,14-15H,1-4,13,16H2/b6-5+. The van der Waals surface area contributed by atoms with E-state index in [1.165, 1.54) is 12.8 Å². The van der Waals surface area contributed by atoms with E-state index < -0.39 is 0 Å². The normalized spacial score (nSPS) is 11.0. The van der Waals surface area contributed by atoms with Gasteiger partial charge < -0.3 is 4.74 Å². The van der Waals surface area contributed by atoms with Crippen molar-refractivity contribution in [2.75, 3.05) is 12.5 Å². The van der Waals surface area contributed by atoms with Crippen LogP contribution in [0.5, 0.6) is 5.75 Å². The number of rotatable bonds is 9. The van der Waals surface area contributed by atoms with Crippen molar-refractivity contribution < 1.29 is 4.74 Å². The molecule has 116 valence electrons. The van der Waals surface area contributed by atoms with Crippen molar-refractivity contribution in [2.45, 2.75) is 25.7 Å². The summed E-state index contributed by atoms with van der Waals surface area (Å²) >= 11 is 5.65. The second kappa shape index (κ2) is 10.0. The lowest BCUT2D eigenvalue weighted by Crippen LogP contribution is -1.97. The van der Waals surface area contributed by atoms with Gasteiger partial charge in [-0.05, 0) is 48.2 Å². The molecule has 0 saturated carbocycles. The molecule has 0 atom stereocenters. The van der Waals surface area contributed by atoms with E-state index in [1.54, 1.807) is 12.4 Å². The largest absolute Gasteiger partial charge is 0.494 e. The SMILES string of the molecule is ClCCCCCCOc1ccc(/C=C/c2ccncc2)cc1. The van der Waals surface area contributed by atoms with Gasteiger partial charge in [0.25, 0.3) is 0 Å². The van der Waals surface area contributed by atoms with Crippen LogP contribution in [-0.2, 0) is 0 Å². The maximum Gasteiger partial charge on any atom is 0.119 e. The fraction of sp³-hybridized carbons (Fsp3) is 0.316. The molecule has 2 rings (SSSR count). The van der Waals surface area contributed by atoms with E-state index >= 15 is 0 Å². The molecule has 0 saturated heterocycles. The van der Waals surface area contributed by atoms with Crippen molar-refractivity contribution in [2.24, 2.45) is 0 Å². The fourth-order valence-electron chi connectivity index (χ4n) is 2.08. The van der Waals surface area contributed by atoms with E-state index in [0.29, 0.717) is 0 Å². The lowest BCUT2D eigenvalue weighted by Gasteiger charge is -2.06. The predicted octanol–water partition coefficient (Wildman–Crippen LogP) is 5.43. The Morgan fingerprint density at radius 3 is 2.14 bits per heavy atom. The molecule has 0 unspecified atom stereocenters. The average molecular weight is 316 g/mol. The maximum atomic E-state index is 5.74. The first-order valence-corrected chi connectivity index (χ1v) is 8.29. The number of benzene rings is 1. The first kappa shape index (κ1) is 16.6. The van der Waals surface area contributed by atoms with Crippen LogP contribution in [0.2, 0.25) is 0 Å². The van der Waals surface area contributed by atoms with Gasteiger partial charge in [0.2, 0.25) is 0 Å². The Morgan fingerprint density at radius 1 is 0.818 bits per heavy atom. The molecule has 0 fully saturated rings. The summed E-state index contributed by atoms with van der Waals surface area (Å²) in [5, 5.41) is 0. The van der Waals surface area contributed by atoms with Crippen molar-refractivity contribution in [3.8, 4) is 5.75 Å². The molecule has 2 aromatic rings. The highest BCUT2D eigenvalue weighted by Crippen LogP contribution is 2.15. The molecular formula is C19H22ClNO. The molecule has 0 radical (unpaired) electrons. The summed E-state index contributed by atoms with van der Waals surface area (Å²) in [6, 6.07) is 12.1. The topological polar surface area (TPSA) is 22.1 Å². The van der Waals surface area contributed by atoms with Gasteiger partial charge in [0.05, 0.1) is 6.61 Å². The minimum absolute atomic E-state index is 0.759. The average Bonchev–Trinajstić information content (AvgIpc) is 2.58. The van der Waals surface area contributed by atoms with Gasteiger partial charge in [0.15, 0.2) is 0 Å². The summed E-state index contributed by atoms with van der Waals surface area (Å²) in [5.41, 5.74) is 2.30. The molecule has 0 amide bonds. The number of unbranched alkanes of at least 4 members (excludes halogenated alkanes) is 3. The monoisotopic (exact) mass is 315 g/mol. The molecule has 0 N–H and O–H groups in total. The van der Waals surface area contributed by atoms with Crippen molar-refractivity contribution in [1.82, 2.24) is 4.98 Å². The Labute approximate surface area is 137 Å². The van der Waals surface area contributed by atoms with E-state index in [-0.39, 0.29) is 0 Å².